The van der Waals surface area contributed by atoms with Gasteiger partial charge in [0.2, 0.25) is 0 Å². The zero-order chi connectivity index (χ0) is 8.15. The van der Waals surface area contributed by atoms with Crippen LogP contribution in [0.5, 0.6) is 0 Å². The molecule has 1 unspecified atom stereocenters. The first-order valence-corrected chi connectivity index (χ1v) is 2.55. The summed E-state index contributed by atoms with van der Waals surface area (Å²) in [6, 6.07) is -1.32. The van der Waals surface area contributed by atoms with Crippen LogP contribution in [0, 0.1) is 0 Å². The van der Waals surface area contributed by atoms with E-state index in [-0.39, 0.29) is 12.1 Å². The van der Waals surface area contributed by atoms with Gasteiger partial charge in [-0.1, -0.05) is 0 Å². The van der Waals surface area contributed by atoms with Crippen LogP contribution in [0.15, 0.2) is 5.57 Å². The lowest BCUT2D eigenvalue weighted by Gasteiger charge is -2.03. The van der Waals surface area contributed by atoms with E-state index in [0.29, 0.717) is 0 Å². The molecule has 56 valence electrons. The maximum Gasteiger partial charge on any atom is 0.325 e. The molecular formula is C5H8N2O3. The molecule has 0 saturated heterocycles. The molecule has 0 aliphatic carbocycles. The first kappa shape index (κ1) is 8.84. The van der Waals surface area contributed by atoms with Crippen LogP contribution in [0.3, 0.4) is 0 Å². The molecule has 0 spiro atoms. The molecule has 5 heteroatoms. The molecule has 5 N–H and O–H groups in total. The standard InChI is InChI=1S/C5H8N2O3/c6-1-3(2-8)4(7)5(9)10/h4H,1,6-7H2,(H,9,10). The monoisotopic (exact) mass is 144 g/mol. The summed E-state index contributed by atoms with van der Waals surface area (Å²) < 4.78 is 0. The third kappa shape index (κ3) is 1.99. The van der Waals surface area contributed by atoms with E-state index in [1.807, 2.05) is 0 Å². The lowest BCUT2D eigenvalue weighted by Crippen LogP contribution is -2.35. The van der Waals surface area contributed by atoms with Crippen molar-refractivity contribution >= 4 is 11.9 Å². The van der Waals surface area contributed by atoms with Crippen molar-refractivity contribution in [2.45, 2.75) is 6.04 Å². The summed E-state index contributed by atoms with van der Waals surface area (Å²) in [6.45, 7) is -0.170. The van der Waals surface area contributed by atoms with E-state index in [2.05, 4.69) is 0 Å². The van der Waals surface area contributed by atoms with Crippen molar-refractivity contribution in [3.05, 3.63) is 5.57 Å². The zero-order valence-corrected chi connectivity index (χ0v) is 5.20. The van der Waals surface area contributed by atoms with Gasteiger partial charge in [0.05, 0.1) is 5.57 Å². The van der Waals surface area contributed by atoms with Crippen molar-refractivity contribution in [2.24, 2.45) is 11.5 Å². The number of nitrogens with two attached hydrogens (primary N) is 2. The lowest BCUT2D eigenvalue weighted by atomic mass is 10.1. The largest absolute Gasteiger partial charge is 0.480 e. The minimum absolute atomic E-state index is 0.132. The molecule has 0 rings (SSSR count). The van der Waals surface area contributed by atoms with Gasteiger partial charge in [0.1, 0.15) is 12.0 Å². The van der Waals surface area contributed by atoms with Gasteiger partial charge in [0, 0.05) is 6.54 Å². The second-order valence-electron chi connectivity index (χ2n) is 1.65. The van der Waals surface area contributed by atoms with Crippen LogP contribution in [-0.4, -0.2) is 29.6 Å². The van der Waals surface area contributed by atoms with Gasteiger partial charge in [-0.2, -0.15) is 0 Å². The molecule has 1 atom stereocenters. The average Bonchev–Trinajstić information content (AvgIpc) is 1.90. The molecule has 0 saturated carbocycles. The molecule has 0 radical (unpaired) electrons. The summed E-state index contributed by atoms with van der Waals surface area (Å²) in [5, 5.41) is 8.23. The van der Waals surface area contributed by atoms with Gasteiger partial charge >= 0.3 is 5.97 Å². The Hall–Kier alpha value is -1.16. The van der Waals surface area contributed by atoms with Crippen LogP contribution in [-0.2, 0) is 9.59 Å². The maximum absolute atomic E-state index is 10.1. The van der Waals surface area contributed by atoms with E-state index in [9.17, 15) is 9.59 Å². The minimum Gasteiger partial charge on any atom is -0.480 e. The van der Waals surface area contributed by atoms with Crippen molar-refractivity contribution in [1.82, 2.24) is 0 Å². The Labute approximate surface area is 57.3 Å². The van der Waals surface area contributed by atoms with Crippen LogP contribution in [0.1, 0.15) is 0 Å². The van der Waals surface area contributed by atoms with Crippen LogP contribution < -0.4 is 11.5 Å². The van der Waals surface area contributed by atoms with Gasteiger partial charge in [0.25, 0.3) is 0 Å². The Morgan fingerprint density at radius 1 is 1.70 bits per heavy atom. The van der Waals surface area contributed by atoms with E-state index in [4.69, 9.17) is 16.6 Å². The van der Waals surface area contributed by atoms with Crippen molar-refractivity contribution in [3.8, 4) is 0 Å². The van der Waals surface area contributed by atoms with Crippen molar-refractivity contribution in [2.75, 3.05) is 6.54 Å². The minimum atomic E-state index is -1.32. The van der Waals surface area contributed by atoms with Crippen molar-refractivity contribution in [1.29, 1.82) is 0 Å². The normalized spacial score (nSPS) is 11.8. The average molecular weight is 144 g/mol. The molecule has 10 heavy (non-hydrogen) atoms. The Morgan fingerprint density at radius 2 is 2.20 bits per heavy atom. The number of hydrogen-bond acceptors (Lipinski definition) is 4. The fraction of sp³-hybridized carbons (Fsp3) is 0.400. The van der Waals surface area contributed by atoms with E-state index < -0.39 is 12.0 Å². The van der Waals surface area contributed by atoms with Gasteiger partial charge < -0.3 is 16.6 Å². The predicted octanol–water partition coefficient (Wildman–Crippen LogP) is -1.88. The number of hydrogen-bond donors (Lipinski definition) is 3. The Bertz CT molecular complexity index is 183. The quantitative estimate of drug-likeness (QED) is 0.402. The van der Waals surface area contributed by atoms with E-state index in [0.717, 1.165) is 0 Å². The molecule has 0 aliphatic heterocycles. The number of carboxylic acid groups (broad SMARTS) is 1. The molecule has 0 amide bonds. The maximum atomic E-state index is 10.1. The van der Waals surface area contributed by atoms with Crippen LogP contribution in [0.4, 0.5) is 0 Å². The molecule has 0 bridgehead atoms. The van der Waals surface area contributed by atoms with Crippen molar-refractivity contribution in [3.63, 3.8) is 0 Å². The highest BCUT2D eigenvalue weighted by atomic mass is 16.4. The lowest BCUT2D eigenvalue weighted by molar-refractivity contribution is -0.137. The Balaban J connectivity index is 4.32. The molecule has 0 aromatic carbocycles. The van der Waals surface area contributed by atoms with E-state index in [1.165, 1.54) is 5.94 Å². The summed E-state index contributed by atoms with van der Waals surface area (Å²) in [5.41, 5.74) is 9.85. The van der Waals surface area contributed by atoms with Crippen LogP contribution in [0.2, 0.25) is 0 Å². The molecule has 0 aromatic heterocycles. The van der Waals surface area contributed by atoms with Gasteiger partial charge in [-0.3, -0.25) is 4.79 Å². The number of carboxylic acids is 1. The van der Waals surface area contributed by atoms with Gasteiger partial charge in [-0.05, 0) is 0 Å². The van der Waals surface area contributed by atoms with Gasteiger partial charge in [0.15, 0.2) is 0 Å². The number of aliphatic carboxylic acids is 1. The summed E-state index contributed by atoms with van der Waals surface area (Å²) >= 11 is 0. The smallest absolute Gasteiger partial charge is 0.325 e. The summed E-state index contributed by atoms with van der Waals surface area (Å²) in [4.78, 5) is 20.0. The topological polar surface area (TPSA) is 106 Å². The molecule has 0 heterocycles. The summed E-state index contributed by atoms with van der Waals surface area (Å²) in [5.74, 6) is 0.0944. The molecule has 5 nitrogen and oxygen atoms in total. The molecular weight excluding hydrogens is 136 g/mol. The van der Waals surface area contributed by atoms with Gasteiger partial charge in [-0.15, -0.1) is 0 Å². The number of rotatable bonds is 3. The SMILES string of the molecule is NCC(=C=O)C(N)C(=O)O. The van der Waals surface area contributed by atoms with Crippen molar-refractivity contribution < 1.29 is 14.7 Å². The van der Waals surface area contributed by atoms with E-state index >= 15 is 0 Å². The number of carbonyl (C=O) groups excluding carboxylic acids is 1. The predicted molar refractivity (Wildman–Crippen MR) is 33.9 cm³/mol. The fourth-order valence-electron chi connectivity index (χ4n) is 0.381. The summed E-state index contributed by atoms with van der Waals surface area (Å²) in [6.07, 6.45) is 0. The highest BCUT2D eigenvalue weighted by Gasteiger charge is 2.16. The third-order valence-electron chi connectivity index (χ3n) is 0.992. The highest BCUT2D eigenvalue weighted by molar-refractivity contribution is 5.81. The fourth-order valence-corrected chi connectivity index (χ4v) is 0.381. The van der Waals surface area contributed by atoms with E-state index in [1.54, 1.807) is 0 Å². The second-order valence-corrected chi connectivity index (χ2v) is 1.65. The third-order valence-corrected chi connectivity index (χ3v) is 0.992. The second kappa shape index (κ2) is 3.79. The number of carbonyl (C=O) groups is 1. The molecule has 0 aromatic rings. The Kier molecular flexibility index (Phi) is 3.35. The molecule has 0 aliphatic rings. The van der Waals surface area contributed by atoms with Crippen LogP contribution in [0.25, 0.3) is 0 Å². The zero-order valence-electron chi connectivity index (χ0n) is 5.20. The summed E-state index contributed by atoms with van der Waals surface area (Å²) in [7, 11) is 0. The highest BCUT2D eigenvalue weighted by Crippen LogP contribution is 1.90. The first-order chi connectivity index (χ1) is 4.63. The Morgan fingerprint density at radius 3 is 2.30 bits per heavy atom. The molecule has 0 fully saturated rings. The van der Waals surface area contributed by atoms with Gasteiger partial charge in [-0.25, -0.2) is 4.79 Å². The van der Waals surface area contributed by atoms with Crippen LogP contribution >= 0.6 is 0 Å². The first-order valence-electron chi connectivity index (χ1n) is 2.55.